The molecule has 2 rings (SSSR count). The van der Waals surface area contributed by atoms with Crippen LogP contribution in [0.4, 0.5) is 19.1 Å². The molecule has 0 bridgehead atoms. The van der Waals surface area contributed by atoms with Gasteiger partial charge in [-0.1, -0.05) is 6.92 Å². The molecule has 0 aliphatic rings. The van der Waals surface area contributed by atoms with Crippen molar-refractivity contribution in [2.24, 2.45) is 0 Å². The van der Waals surface area contributed by atoms with E-state index in [9.17, 15) is 18.0 Å². The van der Waals surface area contributed by atoms with E-state index in [2.05, 4.69) is 42.9 Å². The molecule has 0 aromatic carbocycles. The van der Waals surface area contributed by atoms with Crippen molar-refractivity contribution in [1.82, 2.24) is 19.9 Å². The van der Waals surface area contributed by atoms with E-state index in [1.807, 2.05) is 26.0 Å². The van der Waals surface area contributed by atoms with E-state index >= 15 is 0 Å². The van der Waals surface area contributed by atoms with Crippen LogP contribution in [-0.2, 0) is 6.18 Å². The van der Waals surface area contributed by atoms with E-state index in [-0.39, 0.29) is 17.9 Å². The van der Waals surface area contributed by atoms with E-state index in [1.54, 1.807) is 11.9 Å². The molecule has 0 aliphatic heterocycles. The number of nitrogens with one attached hydrogen (secondary N) is 1. The quantitative estimate of drug-likeness (QED) is 0.621. The number of amides is 1. The molecule has 2 heterocycles. The second-order valence-corrected chi connectivity index (χ2v) is 7.10. The zero-order valence-corrected chi connectivity index (χ0v) is 17.2. The second kappa shape index (κ2) is 8.81. The predicted octanol–water partition coefficient (Wildman–Crippen LogP) is 3.77. The monoisotopic (exact) mass is 493 g/mol. The number of aromatic nitrogens is 3. The number of pyridine rings is 1. The van der Waals surface area contributed by atoms with Crippen molar-refractivity contribution < 1.29 is 18.0 Å². The third kappa shape index (κ3) is 5.50. The molecule has 0 saturated heterocycles. The maximum absolute atomic E-state index is 12.8. The van der Waals surface area contributed by atoms with E-state index in [1.165, 1.54) is 0 Å². The number of likely N-dealkylation sites (N-methyl/N-ethyl adjacent to an activating group) is 1. The van der Waals surface area contributed by atoms with Crippen molar-refractivity contribution >= 4 is 34.4 Å². The Morgan fingerprint density at radius 3 is 2.48 bits per heavy atom. The molecule has 146 valence electrons. The van der Waals surface area contributed by atoms with Crippen LogP contribution in [0.2, 0.25) is 0 Å². The van der Waals surface area contributed by atoms with Gasteiger partial charge in [0.25, 0.3) is 5.91 Å². The van der Waals surface area contributed by atoms with E-state index in [0.29, 0.717) is 18.7 Å². The molecule has 0 saturated carbocycles. The summed E-state index contributed by atoms with van der Waals surface area (Å²) in [7, 11) is 1.67. The van der Waals surface area contributed by atoms with E-state index in [4.69, 9.17) is 0 Å². The third-order valence-corrected chi connectivity index (χ3v) is 4.87. The van der Waals surface area contributed by atoms with Gasteiger partial charge in [-0.25, -0.2) is 15.0 Å². The Kier molecular flexibility index (Phi) is 6.95. The fraction of sp³-hybridized carbons (Fsp3) is 0.412. The molecule has 2 aromatic rings. The van der Waals surface area contributed by atoms with Gasteiger partial charge in [-0.3, -0.25) is 4.79 Å². The summed E-state index contributed by atoms with van der Waals surface area (Å²) in [6, 6.07) is 3.46. The van der Waals surface area contributed by atoms with Crippen molar-refractivity contribution in [1.29, 1.82) is 0 Å². The molecule has 0 radical (unpaired) electrons. The summed E-state index contributed by atoms with van der Waals surface area (Å²) in [5.41, 5.74) is 0.214. The fourth-order valence-corrected chi connectivity index (χ4v) is 2.88. The van der Waals surface area contributed by atoms with Gasteiger partial charge in [0.1, 0.15) is 5.69 Å². The Morgan fingerprint density at radius 2 is 1.93 bits per heavy atom. The summed E-state index contributed by atoms with van der Waals surface area (Å²) < 4.78 is 38.4. The molecule has 1 atom stereocenters. The summed E-state index contributed by atoms with van der Waals surface area (Å²) in [4.78, 5) is 26.0. The molecule has 0 fully saturated rings. The molecule has 10 heteroatoms. The predicted molar refractivity (Wildman–Crippen MR) is 103 cm³/mol. The first-order valence-electron chi connectivity index (χ1n) is 8.17. The van der Waals surface area contributed by atoms with Gasteiger partial charge in [0.15, 0.2) is 0 Å². The smallest absolute Gasteiger partial charge is 0.352 e. The normalized spacial score (nSPS) is 12.6. The van der Waals surface area contributed by atoms with Gasteiger partial charge in [0.05, 0.1) is 5.56 Å². The molecule has 2 aromatic heterocycles. The summed E-state index contributed by atoms with van der Waals surface area (Å²) >= 11 is 2.06. The summed E-state index contributed by atoms with van der Waals surface area (Å²) in [6.07, 6.45) is -2.39. The maximum Gasteiger partial charge on any atom is 0.419 e. The number of hydrogen-bond acceptors (Lipinski definition) is 5. The highest BCUT2D eigenvalue weighted by Gasteiger charge is 2.31. The van der Waals surface area contributed by atoms with Gasteiger partial charge >= 0.3 is 6.18 Å². The van der Waals surface area contributed by atoms with Gasteiger partial charge in [-0.15, -0.1) is 0 Å². The van der Waals surface area contributed by atoms with Gasteiger partial charge < -0.3 is 10.2 Å². The van der Waals surface area contributed by atoms with Crippen LogP contribution >= 0.6 is 22.6 Å². The van der Waals surface area contributed by atoms with Crippen molar-refractivity contribution in [3.05, 3.63) is 45.0 Å². The minimum Gasteiger partial charge on any atom is -0.352 e. The number of anilines is 1. The van der Waals surface area contributed by atoms with Crippen LogP contribution in [-0.4, -0.2) is 45.4 Å². The molecular formula is C17H19F3IN5O. The summed E-state index contributed by atoms with van der Waals surface area (Å²) in [6.45, 7) is 4.03. The molecule has 0 aliphatic carbocycles. The van der Waals surface area contributed by atoms with Gasteiger partial charge in [0.2, 0.25) is 5.95 Å². The first kappa shape index (κ1) is 21.3. The van der Waals surface area contributed by atoms with Crippen LogP contribution in [0.5, 0.6) is 0 Å². The lowest BCUT2D eigenvalue weighted by Gasteiger charge is -2.27. The number of nitrogens with zero attached hydrogens (tertiary/aromatic N) is 4. The Hall–Kier alpha value is -1.98. The number of hydrogen-bond donors (Lipinski definition) is 1. The fourth-order valence-electron chi connectivity index (χ4n) is 2.35. The Morgan fingerprint density at radius 1 is 1.30 bits per heavy atom. The number of alkyl halides is 3. The van der Waals surface area contributed by atoms with Crippen molar-refractivity contribution in [3.63, 3.8) is 0 Å². The van der Waals surface area contributed by atoms with Crippen LogP contribution in [0, 0.1) is 10.5 Å². The number of carbonyl (C=O) groups is 1. The van der Waals surface area contributed by atoms with Crippen LogP contribution < -0.4 is 5.32 Å². The highest BCUT2D eigenvalue weighted by atomic mass is 127. The maximum atomic E-state index is 12.8. The second-order valence-electron chi connectivity index (χ2n) is 5.94. The highest BCUT2D eigenvalue weighted by molar-refractivity contribution is 14.1. The largest absolute Gasteiger partial charge is 0.419 e. The van der Waals surface area contributed by atoms with Gasteiger partial charge in [-0.05, 0) is 48.1 Å². The lowest BCUT2D eigenvalue weighted by Crippen LogP contribution is -2.41. The lowest BCUT2D eigenvalue weighted by atomic mass is 10.1. The van der Waals surface area contributed by atoms with E-state index < -0.39 is 11.7 Å². The molecule has 0 spiro atoms. The lowest BCUT2D eigenvalue weighted by molar-refractivity contribution is -0.138. The van der Waals surface area contributed by atoms with Gasteiger partial charge in [0, 0.05) is 41.3 Å². The Bertz CT molecular complexity index is 798. The standard InChI is InChI=1S/C17H19F3IN5O/c1-4-12(9-24-16-22-7-11(8-23-16)17(18,19)20)26(3)15(27)14-13(21)6-5-10(2)25-14/h5-8,12H,4,9H2,1-3H3,(H,22,23,24). The zero-order chi connectivity index (χ0) is 20.2. The molecule has 6 nitrogen and oxygen atoms in total. The van der Waals surface area contributed by atoms with Crippen LogP contribution in [0.15, 0.2) is 24.5 Å². The Balaban J connectivity index is 2.05. The van der Waals surface area contributed by atoms with E-state index in [0.717, 1.165) is 21.7 Å². The average molecular weight is 493 g/mol. The highest BCUT2D eigenvalue weighted by Crippen LogP contribution is 2.28. The van der Waals surface area contributed by atoms with Crippen LogP contribution in [0.3, 0.4) is 0 Å². The Labute approximate surface area is 168 Å². The van der Waals surface area contributed by atoms with Crippen molar-refractivity contribution in [2.75, 3.05) is 18.9 Å². The molecule has 1 unspecified atom stereocenters. The summed E-state index contributed by atoms with van der Waals surface area (Å²) in [5, 5.41) is 2.88. The minimum absolute atomic E-state index is 0.0746. The minimum atomic E-state index is -4.48. The number of aryl methyl sites for hydroxylation is 1. The average Bonchev–Trinajstić information content (AvgIpc) is 2.63. The zero-order valence-electron chi connectivity index (χ0n) is 15.0. The number of carbonyl (C=O) groups excluding carboxylic acids is 1. The van der Waals surface area contributed by atoms with Crippen LogP contribution in [0.1, 0.15) is 35.1 Å². The SMILES string of the molecule is CCC(CNc1ncc(C(F)(F)F)cn1)N(C)C(=O)c1nc(C)ccc1I. The van der Waals surface area contributed by atoms with Crippen LogP contribution in [0.25, 0.3) is 0 Å². The molecular weight excluding hydrogens is 474 g/mol. The topological polar surface area (TPSA) is 71.0 Å². The molecule has 27 heavy (non-hydrogen) atoms. The van der Waals surface area contributed by atoms with Gasteiger partial charge in [-0.2, -0.15) is 13.2 Å². The third-order valence-electron chi connectivity index (χ3n) is 4.00. The van der Waals surface area contributed by atoms with Crippen molar-refractivity contribution in [3.8, 4) is 0 Å². The number of halogens is 4. The number of rotatable bonds is 6. The molecule has 1 amide bonds. The molecule has 1 N–H and O–H groups in total. The summed E-state index contributed by atoms with van der Waals surface area (Å²) in [5.74, 6) is -0.143. The first-order valence-corrected chi connectivity index (χ1v) is 9.24. The van der Waals surface area contributed by atoms with Crippen molar-refractivity contribution in [2.45, 2.75) is 32.5 Å². The first-order chi connectivity index (χ1) is 12.6.